The van der Waals surface area contributed by atoms with E-state index in [1.807, 2.05) is 4.31 Å². The monoisotopic (exact) mass is 176 g/mol. The molecule has 0 aromatic carbocycles. The Morgan fingerprint density at radius 2 is 2.00 bits per heavy atom. The second-order valence-corrected chi connectivity index (χ2v) is 5.66. The van der Waals surface area contributed by atoms with Gasteiger partial charge in [0.1, 0.15) is 0 Å². The van der Waals surface area contributed by atoms with Crippen molar-refractivity contribution >= 4 is 15.6 Å². The molecule has 1 saturated heterocycles. The Hall–Kier alpha value is -0.0600. The predicted molar refractivity (Wildman–Crippen MR) is 50.0 cm³/mol. The summed E-state index contributed by atoms with van der Waals surface area (Å²) in [5.74, 6) is 3.63. The van der Waals surface area contributed by atoms with E-state index in [1.165, 1.54) is 0 Å². The molecule has 0 aromatic heterocycles. The van der Waals surface area contributed by atoms with Crippen molar-refractivity contribution in [2.24, 2.45) is 5.73 Å². The van der Waals surface area contributed by atoms with Crippen LogP contribution in [0.2, 0.25) is 0 Å². The minimum atomic E-state index is -1.97. The zero-order valence-corrected chi connectivity index (χ0v) is 7.77. The van der Waals surface area contributed by atoms with E-state index in [4.69, 9.17) is 5.73 Å². The SMILES string of the molecule is C=S(C)(=O)N1CCC(N)CC1. The topological polar surface area (TPSA) is 46.3 Å². The van der Waals surface area contributed by atoms with Crippen LogP contribution in [0.1, 0.15) is 12.8 Å². The van der Waals surface area contributed by atoms with E-state index in [9.17, 15) is 4.21 Å². The maximum Gasteiger partial charge on any atom is 0.0245 e. The van der Waals surface area contributed by atoms with Crippen molar-refractivity contribution in [2.45, 2.75) is 18.9 Å². The summed E-state index contributed by atoms with van der Waals surface area (Å²) in [6.07, 6.45) is 3.57. The Labute approximate surface area is 68.7 Å². The summed E-state index contributed by atoms with van der Waals surface area (Å²) in [5, 5.41) is 0. The van der Waals surface area contributed by atoms with Gasteiger partial charge in [0, 0.05) is 35.1 Å². The fraction of sp³-hybridized carbons (Fsp3) is 0.857. The minimum absolute atomic E-state index is 0.299. The highest BCUT2D eigenvalue weighted by Crippen LogP contribution is 2.10. The molecule has 0 bridgehead atoms. The molecule has 0 spiro atoms. The van der Waals surface area contributed by atoms with Crippen molar-refractivity contribution in [2.75, 3.05) is 19.3 Å². The molecular formula is C7H16N2OS. The van der Waals surface area contributed by atoms with Crippen LogP contribution in [-0.4, -0.2) is 39.8 Å². The van der Waals surface area contributed by atoms with Crippen molar-refractivity contribution < 1.29 is 4.21 Å². The first kappa shape index (κ1) is 9.03. The number of nitrogens with zero attached hydrogens (tertiary/aromatic N) is 1. The highest BCUT2D eigenvalue weighted by Gasteiger charge is 2.18. The van der Waals surface area contributed by atoms with Gasteiger partial charge in [0.15, 0.2) is 0 Å². The Balaban J connectivity index is 2.53. The average Bonchev–Trinajstić information content (AvgIpc) is 1.86. The van der Waals surface area contributed by atoms with E-state index < -0.39 is 9.71 Å². The van der Waals surface area contributed by atoms with Crippen LogP contribution < -0.4 is 5.73 Å². The van der Waals surface area contributed by atoms with Crippen LogP contribution in [0.5, 0.6) is 0 Å². The third-order valence-corrected chi connectivity index (χ3v) is 3.50. The first-order valence-electron chi connectivity index (χ1n) is 3.83. The van der Waals surface area contributed by atoms with Gasteiger partial charge in [-0.1, -0.05) is 0 Å². The van der Waals surface area contributed by atoms with E-state index in [-0.39, 0.29) is 0 Å². The Kier molecular flexibility index (Phi) is 2.57. The molecule has 2 N–H and O–H groups in total. The zero-order chi connectivity index (χ0) is 8.48. The van der Waals surface area contributed by atoms with Gasteiger partial charge in [-0.05, 0) is 18.7 Å². The lowest BCUT2D eigenvalue weighted by Crippen LogP contribution is -2.42. The van der Waals surface area contributed by atoms with Gasteiger partial charge in [0.2, 0.25) is 0 Å². The minimum Gasteiger partial charge on any atom is -0.328 e. The molecule has 0 radical (unpaired) electrons. The summed E-state index contributed by atoms with van der Waals surface area (Å²) in [4.78, 5) is 0. The molecular weight excluding hydrogens is 160 g/mol. The normalized spacial score (nSPS) is 28.2. The zero-order valence-electron chi connectivity index (χ0n) is 6.95. The maximum absolute atomic E-state index is 11.4. The van der Waals surface area contributed by atoms with Crippen LogP contribution in [0.3, 0.4) is 0 Å². The molecule has 1 heterocycles. The van der Waals surface area contributed by atoms with Gasteiger partial charge in [-0.25, -0.2) is 4.31 Å². The summed E-state index contributed by atoms with van der Waals surface area (Å²) in [7, 11) is -1.97. The van der Waals surface area contributed by atoms with Gasteiger partial charge >= 0.3 is 0 Å². The van der Waals surface area contributed by atoms with E-state index in [0.717, 1.165) is 25.9 Å². The summed E-state index contributed by atoms with van der Waals surface area (Å²) >= 11 is 0. The molecule has 66 valence electrons. The second-order valence-electron chi connectivity index (χ2n) is 3.23. The molecule has 0 aliphatic carbocycles. The molecule has 0 aromatic rings. The summed E-state index contributed by atoms with van der Waals surface area (Å²) < 4.78 is 13.3. The quantitative estimate of drug-likeness (QED) is 0.556. The Bertz CT molecular complexity index is 215. The van der Waals surface area contributed by atoms with Gasteiger partial charge in [0.25, 0.3) is 0 Å². The first-order chi connectivity index (χ1) is 5.00. The highest BCUT2D eigenvalue weighted by molar-refractivity contribution is 7.97. The lowest BCUT2D eigenvalue weighted by atomic mass is 10.1. The Morgan fingerprint density at radius 3 is 2.36 bits per heavy atom. The lowest BCUT2D eigenvalue weighted by Gasteiger charge is -2.30. The van der Waals surface area contributed by atoms with Crippen molar-refractivity contribution in [3.8, 4) is 0 Å². The van der Waals surface area contributed by atoms with E-state index >= 15 is 0 Å². The smallest absolute Gasteiger partial charge is 0.0245 e. The standard InChI is InChI=1S/C7H16N2OS/c1-11(2,10)9-5-3-7(8)4-6-9/h7H,1,3-6,8H2,2H3. The third kappa shape index (κ3) is 2.47. The fourth-order valence-corrected chi connectivity index (χ4v) is 2.25. The van der Waals surface area contributed by atoms with Gasteiger partial charge in [-0.2, -0.15) is 0 Å². The van der Waals surface area contributed by atoms with Crippen molar-refractivity contribution in [3.63, 3.8) is 0 Å². The molecule has 0 amide bonds. The van der Waals surface area contributed by atoms with Gasteiger partial charge in [-0.15, -0.1) is 0 Å². The van der Waals surface area contributed by atoms with E-state index in [2.05, 4.69) is 5.87 Å². The number of rotatable bonds is 1. The van der Waals surface area contributed by atoms with Crippen molar-refractivity contribution in [1.29, 1.82) is 0 Å². The van der Waals surface area contributed by atoms with Crippen molar-refractivity contribution in [1.82, 2.24) is 4.31 Å². The molecule has 1 rings (SSSR count). The summed E-state index contributed by atoms with van der Waals surface area (Å²) in [6.45, 7) is 1.67. The van der Waals surface area contributed by atoms with Gasteiger partial charge in [0.05, 0.1) is 0 Å². The molecule has 1 unspecified atom stereocenters. The molecule has 1 aliphatic heterocycles. The molecule has 0 saturated carbocycles. The summed E-state index contributed by atoms with van der Waals surface area (Å²) in [5.41, 5.74) is 5.70. The third-order valence-electron chi connectivity index (χ3n) is 2.04. The van der Waals surface area contributed by atoms with Crippen LogP contribution in [0.25, 0.3) is 0 Å². The van der Waals surface area contributed by atoms with Crippen LogP contribution in [0.4, 0.5) is 0 Å². The molecule has 4 heteroatoms. The average molecular weight is 176 g/mol. The fourth-order valence-electron chi connectivity index (χ4n) is 1.26. The highest BCUT2D eigenvalue weighted by atomic mass is 32.2. The van der Waals surface area contributed by atoms with E-state index in [0.29, 0.717) is 6.04 Å². The van der Waals surface area contributed by atoms with Crippen molar-refractivity contribution in [3.05, 3.63) is 0 Å². The van der Waals surface area contributed by atoms with Gasteiger partial charge < -0.3 is 5.73 Å². The first-order valence-corrected chi connectivity index (χ1v) is 5.92. The molecule has 11 heavy (non-hydrogen) atoms. The maximum atomic E-state index is 11.4. The summed E-state index contributed by atoms with van der Waals surface area (Å²) in [6, 6.07) is 0.299. The molecule has 3 nitrogen and oxygen atoms in total. The van der Waals surface area contributed by atoms with Gasteiger partial charge in [-0.3, -0.25) is 4.21 Å². The number of hydrogen-bond acceptors (Lipinski definition) is 2. The lowest BCUT2D eigenvalue weighted by molar-refractivity contribution is 0.335. The second kappa shape index (κ2) is 3.13. The van der Waals surface area contributed by atoms with Crippen LogP contribution in [-0.2, 0) is 9.71 Å². The number of nitrogens with two attached hydrogens (primary N) is 1. The van der Waals surface area contributed by atoms with E-state index in [1.54, 1.807) is 6.26 Å². The van der Waals surface area contributed by atoms with Crippen LogP contribution in [0, 0.1) is 0 Å². The molecule has 1 atom stereocenters. The molecule has 1 fully saturated rings. The molecule has 1 aliphatic rings. The predicted octanol–water partition coefficient (Wildman–Crippen LogP) is -0.329. The Morgan fingerprint density at radius 1 is 1.55 bits per heavy atom. The van der Waals surface area contributed by atoms with Crippen LogP contribution >= 0.6 is 0 Å². The largest absolute Gasteiger partial charge is 0.328 e. The number of piperidine rings is 1. The number of hydrogen-bond donors (Lipinski definition) is 1. The van der Waals surface area contributed by atoms with Crippen LogP contribution in [0.15, 0.2) is 0 Å².